The van der Waals surface area contributed by atoms with Gasteiger partial charge < -0.3 is 19.6 Å². The number of aromatic hydroxyl groups is 2. The van der Waals surface area contributed by atoms with Crippen LogP contribution >= 0.6 is 11.6 Å². The highest BCUT2D eigenvalue weighted by atomic mass is 35.5. The van der Waals surface area contributed by atoms with E-state index >= 15 is 4.39 Å². The molecule has 0 unspecified atom stereocenters. The molecule has 0 saturated heterocycles. The van der Waals surface area contributed by atoms with Gasteiger partial charge in [-0.25, -0.2) is 13.9 Å². The van der Waals surface area contributed by atoms with Gasteiger partial charge in [-0.15, -0.1) is 0 Å². The van der Waals surface area contributed by atoms with Gasteiger partial charge in [0.2, 0.25) is 17.6 Å². The van der Waals surface area contributed by atoms with Crippen LogP contribution < -0.4 is 0 Å². The molecular formula is C23H15ClFN3O4. The van der Waals surface area contributed by atoms with Gasteiger partial charge in [-0.05, 0) is 43.3 Å². The Hall–Kier alpha value is -4.04. The Labute approximate surface area is 185 Å². The van der Waals surface area contributed by atoms with Gasteiger partial charge in [0.15, 0.2) is 11.5 Å². The second-order valence-corrected chi connectivity index (χ2v) is 7.55. The Kier molecular flexibility index (Phi) is 4.53. The fourth-order valence-corrected chi connectivity index (χ4v) is 3.91. The number of carbonyl (C=O) groups excluding carboxylic acids is 1. The number of hydrogen-bond acceptors (Lipinski definition) is 5. The van der Waals surface area contributed by atoms with Gasteiger partial charge in [0, 0.05) is 0 Å². The number of fused-ring (bicyclic) bond motifs is 1. The average molecular weight is 452 g/mol. The molecule has 3 N–H and O–H groups in total. The zero-order chi connectivity index (χ0) is 22.6. The van der Waals surface area contributed by atoms with Crippen LogP contribution in [0.1, 0.15) is 21.9 Å². The predicted molar refractivity (Wildman–Crippen MR) is 116 cm³/mol. The highest BCUT2D eigenvalue weighted by Gasteiger charge is 2.34. The summed E-state index contributed by atoms with van der Waals surface area (Å²) in [5, 5.41) is 21.6. The Bertz CT molecular complexity index is 1460. The lowest BCUT2D eigenvalue weighted by atomic mass is 10.0. The third-order valence-electron chi connectivity index (χ3n) is 5.10. The van der Waals surface area contributed by atoms with E-state index in [4.69, 9.17) is 16.0 Å². The summed E-state index contributed by atoms with van der Waals surface area (Å²) in [6.45, 7) is 1.66. The van der Waals surface area contributed by atoms with Crippen molar-refractivity contribution in [3.63, 3.8) is 0 Å². The Balaban J connectivity index is 1.87. The second kappa shape index (κ2) is 7.28. The molecule has 0 bridgehead atoms. The summed E-state index contributed by atoms with van der Waals surface area (Å²) in [5.41, 5.74) is 0.479. The third kappa shape index (κ3) is 2.96. The summed E-state index contributed by atoms with van der Waals surface area (Å²) in [7, 11) is 0. The average Bonchev–Trinajstić information content (AvgIpc) is 3.44. The fourth-order valence-electron chi connectivity index (χ4n) is 3.65. The molecule has 3 heterocycles. The lowest BCUT2D eigenvalue weighted by Crippen LogP contribution is -2.06. The first-order chi connectivity index (χ1) is 15.4. The van der Waals surface area contributed by atoms with Crippen LogP contribution in [-0.2, 0) is 0 Å². The minimum atomic E-state index is -0.755. The summed E-state index contributed by atoms with van der Waals surface area (Å²) >= 11 is 6.31. The smallest absolute Gasteiger partial charge is 0.242 e. The molecule has 0 fully saturated rings. The van der Waals surface area contributed by atoms with Crippen LogP contribution in [0, 0.1) is 12.7 Å². The number of nitrogens with zero attached hydrogens (tertiary/aromatic N) is 2. The zero-order valence-corrected chi connectivity index (χ0v) is 17.3. The van der Waals surface area contributed by atoms with Gasteiger partial charge >= 0.3 is 0 Å². The van der Waals surface area contributed by atoms with Gasteiger partial charge in [0.05, 0.1) is 32.9 Å². The van der Waals surface area contributed by atoms with Gasteiger partial charge in [0.1, 0.15) is 11.6 Å². The molecule has 0 aliphatic heterocycles. The molecule has 0 saturated carbocycles. The van der Waals surface area contributed by atoms with Crippen molar-refractivity contribution in [2.75, 3.05) is 0 Å². The SMILES string of the molecule is Cc1ccc(C(=O)c2c(O)c(O)n(-c3nc4ccccc4[nH]3)c2-c2c(F)cccc2Cl)o1. The number of rotatable bonds is 4. The first-order valence-electron chi connectivity index (χ1n) is 9.54. The van der Waals surface area contributed by atoms with Crippen molar-refractivity contribution in [3.8, 4) is 28.8 Å². The van der Waals surface area contributed by atoms with E-state index in [1.807, 2.05) is 0 Å². The van der Waals surface area contributed by atoms with Gasteiger partial charge in [-0.3, -0.25) is 4.79 Å². The monoisotopic (exact) mass is 451 g/mol. The second-order valence-electron chi connectivity index (χ2n) is 7.14. The number of aromatic nitrogens is 3. The number of para-hydroxylation sites is 2. The highest BCUT2D eigenvalue weighted by molar-refractivity contribution is 6.33. The first kappa shape index (κ1) is 19.9. The number of nitrogens with one attached hydrogen (secondary N) is 1. The number of aromatic amines is 1. The molecule has 7 nitrogen and oxygen atoms in total. The summed E-state index contributed by atoms with van der Waals surface area (Å²) in [6, 6.07) is 14.1. The number of imidazole rings is 1. The maximum atomic E-state index is 15.0. The standard InChI is InChI=1S/C23H15ClFN3O4/c1-11-9-10-16(32-11)20(29)18-19(17-12(24)5-4-6-13(17)25)28(22(31)21(18)30)23-26-14-7-2-3-8-15(14)27-23/h2-10,30-31H,1H3,(H,26,27). The van der Waals surface area contributed by atoms with Gasteiger partial charge in [0.25, 0.3) is 0 Å². The van der Waals surface area contributed by atoms with Crippen molar-refractivity contribution in [1.29, 1.82) is 0 Å². The molecule has 160 valence electrons. The van der Waals surface area contributed by atoms with Gasteiger partial charge in [-0.2, -0.15) is 0 Å². The maximum Gasteiger partial charge on any atom is 0.242 e. The van der Waals surface area contributed by atoms with E-state index in [0.717, 1.165) is 10.6 Å². The number of benzene rings is 2. The lowest BCUT2D eigenvalue weighted by molar-refractivity contribution is 0.101. The summed E-state index contributed by atoms with van der Waals surface area (Å²) in [6.07, 6.45) is 0. The van der Waals surface area contributed by atoms with Crippen molar-refractivity contribution in [2.45, 2.75) is 6.92 Å². The zero-order valence-electron chi connectivity index (χ0n) is 16.6. The van der Waals surface area contributed by atoms with Gasteiger partial charge in [-0.1, -0.05) is 29.8 Å². The van der Waals surface area contributed by atoms with E-state index in [1.165, 1.54) is 18.2 Å². The topological polar surface area (TPSA) is 104 Å². The van der Waals surface area contributed by atoms with Crippen LogP contribution in [0.3, 0.4) is 0 Å². The van der Waals surface area contributed by atoms with E-state index in [0.29, 0.717) is 16.8 Å². The largest absolute Gasteiger partial charge is 0.503 e. The summed E-state index contributed by atoms with van der Waals surface area (Å²) in [4.78, 5) is 20.7. The number of carbonyl (C=O) groups is 1. The van der Waals surface area contributed by atoms with Crippen LogP contribution in [0.4, 0.5) is 4.39 Å². The number of H-pyrrole nitrogens is 1. The first-order valence-corrected chi connectivity index (χ1v) is 9.92. The van der Waals surface area contributed by atoms with E-state index in [-0.39, 0.29) is 33.6 Å². The van der Waals surface area contributed by atoms with Crippen molar-refractivity contribution in [2.24, 2.45) is 0 Å². The van der Waals surface area contributed by atoms with Crippen LogP contribution in [0.25, 0.3) is 28.2 Å². The van der Waals surface area contributed by atoms with E-state index < -0.39 is 23.2 Å². The molecule has 9 heteroatoms. The molecule has 0 radical (unpaired) electrons. The molecule has 0 aliphatic carbocycles. The molecule has 5 aromatic rings. The number of furan rings is 1. The molecule has 0 aliphatic rings. The minimum Gasteiger partial charge on any atom is -0.503 e. The molecular weight excluding hydrogens is 437 g/mol. The lowest BCUT2D eigenvalue weighted by Gasteiger charge is -2.11. The highest BCUT2D eigenvalue weighted by Crippen LogP contribution is 2.46. The predicted octanol–water partition coefficient (Wildman–Crippen LogP) is 5.36. The number of aryl methyl sites for hydroxylation is 1. The van der Waals surface area contributed by atoms with Crippen LogP contribution in [0.15, 0.2) is 59.0 Å². The Morgan fingerprint density at radius 1 is 1.12 bits per heavy atom. The molecule has 2 aromatic carbocycles. The molecule has 5 rings (SSSR count). The summed E-state index contributed by atoms with van der Waals surface area (Å²) < 4.78 is 21.5. The molecule has 0 spiro atoms. The Morgan fingerprint density at radius 3 is 2.59 bits per heavy atom. The molecule has 0 atom stereocenters. The van der Waals surface area contributed by atoms with Crippen molar-refractivity contribution < 1.29 is 23.8 Å². The van der Waals surface area contributed by atoms with Crippen LogP contribution in [0.2, 0.25) is 5.02 Å². The molecule has 32 heavy (non-hydrogen) atoms. The van der Waals surface area contributed by atoms with E-state index in [2.05, 4.69) is 9.97 Å². The third-order valence-corrected chi connectivity index (χ3v) is 5.42. The van der Waals surface area contributed by atoms with E-state index in [1.54, 1.807) is 37.3 Å². The van der Waals surface area contributed by atoms with Crippen molar-refractivity contribution in [1.82, 2.24) is 14.5 Å². The maximum absolute atomic E-state index is 15.0. The minimum absolute atomic E-state index is 0.0236. The summed E-state index contributed by atoms with van der Waals surface area (Å²) in [5.74, 6) is -2.52. The number of hydrogen-bond donors (Lipinski definition) is 3. The fraction of sp³-hybridized carbons (Fsp3) is 0.0435. The van der Waals surface area contributed by atoms with E-state index in [9.17, 15) is 15.0 Å². The molecule has 0 amide bonds. The number of ketones is 1. The Morgan fingerprint density at radius 2 is 1.91 bits per heavy atom. The van der Waals surface area contributed by atoms with Crippen LogP contribution in [0.5, 0.6) is 11.6 Å². The van der Waals surface area contributed by atoms with Crippen molar-refractivity contribution >= 4 is 28.4 Å². The quantitative estimate of drug-likeness (QED) is 0.319. The van der Waals surface area contributed by atoms with Crippen LogP contribution in [-0.4, -0.2) is 30.5 Å². The number of halogens is 2. The van der Waals surface area contributed by atoms with Crippen molar-refractivity contribution in [3.05, 3.63) is 82.5 Å². The molecule has 3 aromatic heterocycles. The normalized spacial score (nSPS) is 11.3.